The van der Waals surface area contributed by atoms with E-state index < -0.39 is 0 Å². The highest BCUT2D eigenvalue weighted by Crippen LogP contribution is 2.42. The Balaban J connectivity index is 0.00000338. The number of rotatable bonds is 8. The van der Waals surface area contributed by atoms with Crippen molar-refractivity contribution >= 4 is 24.0 Å². The SMILES string of the molecule is CCOc1c(OCc2cc(OC)ccn2)ccc(NC(=O)CC)c1O.Cl. The number of methoxy groups -OCH3 is 1. The lowest BCUT2D eigenvalue weighted by atomic mass is 10.2. The fourth-order valence-corrected chi connectivity index (χ4v) is 2.10. The highest BCUT2D eigenvalue weighted by atomic mass is 35.5. The van der Waals surface area contributed by atoms with Crippen LogP contribution in [0.3, 0.4) is 0 Å². The number of carbonyl (C=O) groups excluding carboxylic acids is 1. The number of hydrogen-bond acceptors (Lipinski definition) is 6. The third-order valence-electron chi connectivity index (χ3n) is 3.38. The summed E-state index contributed by atoms with van der Waals surface area (Å²) in [6.45, 7) is 4.04. The molecule has 1 amide bonds. The molecule has 1 aromatic heterocycles. The van der Waals surface area contributed by atoms with Crippen LogP contribution in [-0.4, -0.2) is 29.7 Å². The van der Waals surface area contributed by atoms with Crippen LogP contribution in [0.15, 0.2) is 30.5 Å². The first-order chi connectivity index (χ1) is 12.1. The lowest BCUT2D eigenvalue weighted by Crippen LogP contribution is -2.10. The summed E-state index contributed by atoms with van der Waals surface area (Å²) >= 11 is 0. The van der Waals surface area contributed by atoms with E-state index in [1.807, 2.05) is 0 Å². The smallest absolute Gasteiger partial charge is 0.224 e. The van der Waals surface area contributed by atoms with Gasteiger partial charge < -0.3 is 24.6 Å². The Morgan fingerprint density at radius 1 is 1.23 bits per heavy atom. The van der Waals surface area contributed by atoms with Gasteiger partial charge in [0.15, 0.2) is 11.5 Å². The Bertz CT molecular complexity index is 740. The molecule has 7 nitrogen and oxygen atoms in total. The summed E-state index contributed by atoms with van der Waals surface area (Å²) in [7, 11) is 1.58. The fourth-order valence-electron chi connectivity index (χ4n) is 2.10. The standard InChI is InChI=1S/C18H22N2O5.ClH/c1-4-16(21)20-14-6-7-15(18(17(14)22)24-5-2)25-11-12-10-13(23-3)8-9-19-12;/h6-10,22H,4-5,11H2,1-3H3,(H,20,21);1H. The first-order valence-corrected chi connectivity index (χ1v) is 7.99. The summed E-state index contributed by atoms with van der Waals surface area (Å²) in [5.74, 6) is 0.851. The zero-order valence-corrected chi connectivity index (χ0v) is 15.8. The van der Waals surface area contributed by atoms with Crippen LogP contribution in [0.1, 0.15) is 26.0 Å². The number of halogens is 1. The minimum atomic E-state index is -0.202. The van der Waals surface area contributed by atoms with Crippen LogP contribution >= 0.6 is 12.4 Å². The van der Waals surface area contributed by atoms with Crippen LogP contribution < -0.4 is 19.5 Å². The first-order valence-electron chi connectivity index (χ1n) is 7.99. The molecule has 0 fully saturated rings. The molecular weight excluding hydrogens is 360 g/mol. The minimum absolute atomic E-state index is 0. The summed E-state index contributed by atoms with van der Waals surface area (Å²) in [5, 5.41) is 13.0. The van der Waals surface area contributed by atoms with Gasteiger partial charge in [0.05, 0.1) is 25.1 Å². The number of nitrogens with zero attached hydrogens (tertiary/aromatic N) is 1. The molecule has 142 valence electrons. The van der Waals surface area contributed by atoms with Crippen molar-refractivity contribution in [3.63, 3.8) is 0 Å². The zero-order valence-electron chi connectivity index (χ0n) is 14.9. The van der Waals surface area contributed by atoms with Crippen LogP contribution in [0, 0.1) is 0 Å². The number of amides is 1. The molecule has 2 aromatic rings. The topological polar surface area (TPSA) is 89.9 Å². The van der Waals surface area contributed by atoms with Gasteiger partial charge in [-0.1, -0.05) is 6.92 Å². The fraction of sp³-hybridized carbons (Fsp3) is 0.333. The van der Waals surface area contributed by atoms with Gasteiger partial charge in [-0.2, -0.15) is 0 Å². The number of hydrogen-bond donors (Lipinski definition) is 2. The number of aromatic nitrogens is 1. The Kier molecular flexibility index (Phi) is 8.51. The molecule has 0 aliphatic rings. The quantitative estimate of drug-likeness (QED) is 0.678. The monoisotopic (exact) mass is 382 g/mol. The highest BCUT2D eigenvalue weighted by molar-refractivity contribution is 5.92. The average Bonchev–Trinajstić information content (AvgIpc) is 2.64. The maximum Gasteiger partial charge on any atom is 0.224 e. The van der Waals surface area contributed by atoms with E-state index in [2.05, 4.69) is 10.3 Å². The molecule has 0 unspecified atom stereocenters. The Labute approximate surface area is 158 Å². The van der Waals surface area contributed by atoms with Crippen LogP contribution in [0.4, 0.5) is 5.69 Å². The molecule has 0 atom stereocenters. The summed E-state index contributed by atoms with van der Waals surface area (Å²) in [6, 6.07) is 6.71. The molecule has 1 heterocycles. The molecule has 2 rings (SSSR count). The largest absolute Gasteiger partial charge is 0.503 e. The molecule has 0 bridgehead atoms. The number of benzene rings is 1. The molecule has 0 aliphatic heterocycles. The molecule has 0 saturated carbocycles. The maximum atomic E-state index is 11.5. The van der Waals surface area contributed by atoms with Crippen molar-refractivity contribution in [3.8, 4) is 23.0 Å². The number of anilines is 1. The summed E-state index contributed by atoms with van der Waals surface area (Å²) < 4.78 is 16.4. The summed E-state index contributed by atoms with van der Waals surface area (Å²) in [4.78, 5) is 15.7. The Hall–Kier alpha value is -2.67. The first kappa shape index (κ1) is 21.4. The van der Waals surface area contributed by atoms with Gasteiger partial charge in [-0.3, -0.25) is 9.78 Å². The van der Waals surface area contributed by atoms with Crippen molar-refractivity contribution in [1.29, 1.82) is 0 Å². The molecule has 0 aliphatic carbocycles. The molecule has 8 heteroatoms. The molecule has 26 heavy (non-hydrogen) atoms. The van der Waals surface area contributed by atoms with Gasteiger partial charge in [0, 0.05) is 18.7 Å². The van der Waals surface area contributed by atoms with E-state index in [1.54, 1.807) is 51.4 Å². The molecule has 0 radical (unpaired) electrons. The van der Waals surface area contributed by atoms with Crippen LogP contribution in [0.25, 0.3) is 0 Å². The van der Waals surface area contributed by atoms with E-state index in [-0.39, 0.29) is 42.1 Å². The molecule has 2 N–H and O–H groups in total. The minimum Gasteiger partial charge on any atom is -0.503 e. The second-order valence-electron chi connectivity index (χ2n) is 5.10. The number of aromatic hydroxyl groups is 1. The number of phenolic OH excluding ortho intramolecular Hbond substituents is 1. The summed E-state index contributed by atoms with van der Waals surface area (Å²) in [5.41, 5.74) is 0.951. The van der Waals surface area contributed by atoms with Gasteiger partial charge in [-0.15, -0.1) is 12.4 Å². The van der Waals surface area contributed by atoms with Crippen molar-refractivity contribution < 1.29 is 24.1 Å². The van der Waals surface area contributed by atoms with Gasteiger partial charge in [0.1, 0.15) is 12.4 Å². The third kappa shape index (κ3) is 5.42. The second kappa shape index (κ2) is 10.4. The number of nitrogens with one attached hydrogen (secondary N) is 1. The van der Waals surface area contributed by atoms with Gasteiger partial charge in [0.25, 0.3) is 0 Å². The molecule has 1 aromatic carbocycles. The lowest BCUT2D eigenvalue weighted by molar-refractivity contribution is -0.115. The number of phenols is 1. The van der Waals surface area contributed by atoms with Crippen molar-refractivity contribution in [1.82, 2.24) is 4.98 Å². The lowest BCUT2D eigenvalue weighted by Gasteiger charge is -2.16. The molecule has 0 spiro atoms. The van der Waals surface area contributed by atoms with E-state index in [4.69, 9.17) is 14.2 Å². The van der Waals surface area contributed by atoms with Gasteiger partial charge in [-0.25, -0.2) is 0 Å². The van der Waals surface area contributed by atoms with E-state index >= 15 is 0 Å². The maximum absolute atomic E-state index is 11.5. The van der Waals surface area contributed by atoms with Crippen molar-refractivity contribution in [3.05, 3.63) is 36.2 Å². The molecular formula is C18H23ClN2O5. The number of ether oxygens (including phenoxy) is 3. The van der Waals surface area contributed by atoms with E-state index in [0.29, 0.717) is 30.2 Å². The van der Waals surface area contributed by atoms with E-state index in [1.165, 1.54) is 0 Å². The van der Waals surface area contributed by atoms with Crippen LogP contribution in [-0.2, 0) is 11.4 Å². The zero-order chi connectivity index (χ0) is 18.2. The van der Waals surface area contributed by atoms with Gasteiger partial charge in [0.2, 0.25) is 11.7 Å². The van der Waals surface area contributed by atoms with Gasteiger partial charge in [-0.05, 0) is 25.1 Å². The highest BCUT2D eigenvalue weighted by Gasteiger charge is 2.17. The van der Waals surface area contributed by atoms with Gasteiger partial charge >= 0.3 is 0 Å². The summed E-state index contributed by atoms with van der Waals surface area (Å²) in [6.07, 6.45) is 1.94. The number of carbonyl (C=O) groups is 1. The Morgan fingerprint density at radius 2 is 2.00 bits per heavy atom. The second-order valence-corrected chi connectivity index (χ2v) is 5.10. The normalized spacial score (nSPS) is 9.81. The van der Waals surface area contributed by atoms with E-state index in [0.717, 1.165) is 0 Å². The van der Waals surface area contributed by atoms with Crippen molar-refractivity contribution in [2.45, 2.75) is 26.9 Å². The predicted molar refractivity (Wildman–Crippen MR) is 101 cm³/mol. The van der Waals surface area contributed by atoms with Crippen molar-refractivity contribution in [2.24, 2.45) is 0 Å². The Morgan fingerprint density at radius 3 is 2.65 bits per heavy atom. The molecule has 0 saturated heterocycles. The average molecular weight is 383 g/mol. The van der Waals surface area contributed by atoms with E-state index in [9.17, 15) is 9.90 Å². The van der Waals surface area contributed by atoms with Crippen molar-refractivity contribution in [2.75, 3.05) is 19.0 Å². The number of pyridine rings is 1. The third-order valence-corrected chi connectivity index (χ3v) is 3.38. The van der Waals surface area contributed by atoms with Crippen LogP contribution in [0.2, 0.25) is 0 Å². The van der Waals surface area contributed by atoms with Crippen LogP contribution in [0.5, 0.6) is 23.0 Å². The predicted octanol–water partition coefficient (Wildman–Crippen LogP) is 3.54.